The summed E-state index contributed by atoms with van der Waals surface area (Å²) in [6.45, 7) is 1.65. The highest BCUT2D eigenvalue weighted by molar-refractivity contribution is 6.34. The van der Waals surface area contributed by atoms with Crippen LogP contribution >= 0.6 is 23.2 Å². The lowest BCUT2D eigenvalue weighted by Gasteiger charge is -2.19. The average molecular weight is 427 g/mol. The Labute approximate surface area is 170 Å². The van der Waals surface area contributed by atoms with Crippen molar-refractivity contribution in [3.63, 3.8) is 0 Å². The van der Waals surface area contributed by atoms with E-state index in [4.69, 9.17) is 23.2 Å². The van der Waals surface area contributed by atoms with E-state index in [1.54, 1.807) is 53.1 Å². The summed E-state index contributed by atoms with van der Waals surface area (Å²) < 4.78 is 44.5. The Morgan fingerprint density at radius 1 is 1.11 bits per heavy atom. The normalized spacial score (nSPS) is 13.6. The number of aromatic nitrogens is 3. The molecule has 0 fully saturated rings. The summed E-state index contributed by atoms with van der Waals surface area (Å²) in [5.74, 6) is -1.81. The van der Waals surface area contributed by atoms with E-state index in [9.17, 15) is 13.2 Å². The Morgan fingerprint density at radius 2 is 1.71 bits per heavy atom. The van der Waals surface area contributed by atoms with Crippen LogP contribution in [0.3, 0.4) is 0 Å². The predicted molar refractivity (Wildman–Crippen MR) is 104 cm³/mol. The molecule has 0 saturated heterocycles. The Kier molecular flexibility index (Phi) is 5.82. The minimum atomic E-state index is -4.47. The molecule has 146 valence electrons. The molecule has 3 nitrogen and oxygen atoms in total. The van der Waals surface area contributed by atoms with Gasteiger partial charge in [0.15, 0.2) is 0 Å². The van der Waals surface area contributed by atoms with Crippen molar-refractivity contribution < 1.29 is 17.7 Å². The van der Waals surface area contributed by atoms with Crippen LogP contribution in [0.15, 0.2) is 61.2 Å². The topological polar surface area (TPSA) is 21.7 Å². The third kappa shape index (κ3) is 4.75. The fourth-order valence-corrected chi connectivity index (χ4v) is 3.40. The lowest BCUT2D eigenvalue weighted by atomic mass is 9.94. The Balaban J connectivity index is 1.94. The second-order valence-corrected chi connectivity index (χ2v) is 7.35. The molecule has 0 amide bonds. The van der Waals surface area contributed by atoms with Gasteiger partial charge in [-0.1, -0.05) is 46.1 Å². The van der Waals surface area contributed by atoms with Crippen LogP contribution in [0.5, 0.6) is 0 Å². The molecule has 3 rings (SSSR count). The molecule has 0 N–H and O–H groups in total. The number of allylic oxidation sites excluding steroid dienone is 2. The number of benzene rings is 2. The first-order valence-electron chi connectivity index (χ1n) is 8.35. The molecule has 0 aliphatic carbocycles. The number of hydrogen-bond donors (Lipinski definition) is 0. The molecule has 1 heterocycles. The van der Waals surface area contributed by atoms with E-state index in [1.165, 1.54) is 24.3 Å². The van der Waals surface area contributed by atoms with E-state index >= 15 is 0 Å². The van der Waals surface area contributed by atoms with E-state index in [-0.39, 0.29) is 15.6 Å². The van der Waals surface area contributed by atoms with Crippen LogP contribution in [0.4, 0.5) is 13.2 Å². The van der Waals surface area contributed by atoms with Gasteiger partial charge < -0.3 is 0 Å². The van der Waals surface area contributed by atoms with Gasteiger partial charge >= 0.3 is 6.18 Å². The smallest absolute Gasteiger partial charge is 0.240 e. The van der Waals surface area contributed by atoms with E-state index in [0.717, 1.165) is 5.69 Å². The summed E-state index contributed by atoms with van der Waals surface area (Å²) >= 11 is 11.8. The fourth-order valence-electron chi connectivity index (χ4n) is 2.86. The third-order valence-corrected chi connectivity index (χ3v) is 4.69. The number of nitrogens with zero attached hydrogens (tertiary/aromatic N) is 3. The van der Waals surface area contributed by atoms with E-state index in [1.807, 2.05) is 7.05 Å². The zero-order chi connectivity index (χ0) is 20.5. The van der Waals surface area contributed by atoms with Crippen LogP contribution < -0.4 is 4.57 Å². The molecule has 0 radical (unpaired) electrons. The standard InChI is InChI=1S/C20H17Cl2F3N3/c1-13(14-3-5-18(6-4-14)28-12-27(2)11-26-28)7-19(20(23,24)25)15-8-16(21)10-17(22)9-15/h3-12,19H,1-2H3/q+1. The molecule has 2 aromatic carbocycles. The Morgan fingerprint density at radius 3 is 2.21 bits per heavy atom. The highest BCUT2D eigenvalue weighted by Crippen LogP contribution is 2.39. The first-order chi connectivity index (χ1) is 13.1. The number of aryl methyl sites for hydroxylation is 1. The van der Waals surface area contributed by atoms with Gasteiger partial charge in [0, 0.05) is 15.1 Å². The first-order valence-corrected chi connectivity index (χ1v) is 9.11. The summed E-state index contributed by atoms with van der Waals surface area (Å²) in [4.78, 5) is 0. The monoisotopic (exact) mass is 426 g/mol. The number of alkyl halides is 3. The number of hydrogen-bond acceptors (Lipinski definition) is 1. The molecular weight excluding hydrogens is 410 g/mol. The fraction of sp³-hybridized carbons (Fsp3) is 0.200. The van der Waals surface area contributed by atoms with Gasteiger partial charge in [-0.25, -0.2) is 4.57 Å². The maximum absolute atomic E-state index is 13.7. The Bertz CT molecular complexity index is 988. The molecular formula is C20H17Cl2F3N3+. The molecule has 0 saturated carbocycles. The molecule has 3 aromatic rings. The summed E-state index contributed by atoms with van der Waals surface area (Å²) in [6.07, 6.45) is 0.160. The van der Waals surface area contributed by atoms with Crippen LogP contribution in [0.1, 0.15) is 24.0 Å². The van der Waals surface area contributed by atoms with E-state index in [2.05, 4.69) is 5.10 Å². The zero-order valence-electron chi connectivity index (χ0n) is 15.1. The van der Waals surface area contributed by atoms with Gasteiger partial charge in [-0.3, -0.25) is 0 Å². The van der Waals surface area contributed by atoms with Crippen molar-refractivity contribution in [1.29, 1.82) is 0 Å². The highest BCUT2D eigenvalue weighted by Gasteiger charge is 2.39. The lowest BCUT2D eigenvalue weighted by molar-refractivity contribution is -0.672. The zero-order valence-corrected chi connectivity index (χ0v) is 16.6. The van der Waals surface area contributed by atoms with Crippen molar-refractivity contribution in [2.45, 2.75) is 19.0 Å². The third-order valence-electron chi connectivity index (χ3n) is 4.25. The van der Waals surface area contributed by atoms with Crippen molar-refractivity contribution in [2.75, 3.05) is 0 Å². The lowest BCUT2D eigenvalue weighted by Crippen LogP contribution is -2.23. The van der Waals surface area contributed by atoms with Crippen LogP contribution in [0.2, 0.25) is 10.0 Å². The minimum absolute atomic E-state index is 0.00464. The van der Waals surface area contributed by atoms with Crippen LogP contribution in [0, 0.1) is 0 Å². The van der Waals surface area contributed by atoms with Crippen molar-refractivity contribution in [3.05, 3.63) is 82.4 Å². The molecule has 28 heavy (non-hydrogen) atoms. The molecule has 1 aromatic heterocycles. The molecule has 1 unspecified atom stereocenters. The van der Waals surface area contributed by atoms with Crippen molar-refractivity contribution in [3.8, 4) is 5.69 Å². The van der Waals surface area contributed by atoms with Gasteiger partial charge in [0.2, 0.25) is 6.33 Å². The maximum Gasteiger partial charge on any atom is 0.399 e. The summed E-state index contributed by atoms with van der Waals surface area (Å²) in [7, 11) is 1.85. The van der Waals surface area contributed by atoms with Gasteiger partial charge in [0.1, 0.15) is 5.69 Å². The van der Waals surface area contributed by atoms with Gasteiger partial charge in [0.05, 0.1) is 13.0 Å². The molecule has 0 bridgehead atoms. The summed E-state index contributed by atoms with van der Waals surface area (Å²) in [5.41, 5.74) is 2.00. The molecule has 8 heteroatoms. The van der Waals surface area contributed by atoms with Crippen LogP contribution in [-0.4, -0.2) is 16.0 Å². The van der Waals surface area contributed by atoms with Gasteiger partial charge in [0.25, 0.3) is 6.33 Å². The second kappa shape index (κ2) is 7.97. The van der Waals surface area contributed by atoms with Crippen LogP contribution in [0.25, 0.3) is 11.3 Å². The second-order valence-electron chi connectivity index (χ2n) is 6.48. The SMILES string of the molecule is CC(=CC(c1cc(Cl)cc(Cl)c1)C(F)(F)F)c1ccc(-n2c[n+](C)cn2)cc1. The predicted octanol–water partition coefficient (Wildman–Crippen LogP) is 5.75. The first kappa shape index (κ1) is 20.4. The van der Waals surface area contributed by atoms with E-state index in [0.29, 0.717) is 11.1 Å². The van der Waals surface area contributed by atoms with Crippen molar-refractivity contribution in [1.82, 2.24) is 9.78 Å². The van der Waals surface area contributed by atoms with Gasteiger partial charge in [-0.15, -0.1) is 0 Å². The molecule has 1 atom stereocenters. The molecule has 0 aliphatic rings. The minimum Gasteiger partial charge on any atom is -0.240 e. The maximum atomic E-state index is 13.7. The highest BCUT2D eigenvalue weighted by atomic mass is 35.5. The molecule has 0 spiro atoms. The van der Waals surface area contributed by atoms with Crippen molar-refractivity contribution in [2.24, 2.45) is 7.05 Å². The number of rotatable bonds is 4. The Hall–Kier alpha value is -2.31. The van der Waals surface area contributed by atoms with Gasteiger partial charge in [-0.2, -0.15) is 13.2 Å². The molecule has 0 aliphatic heterocycles. The van der Waals surface area contributed by atoms with Crippen molar-refractivity contribution >= 4 is 28.8 Å². The average Bonchev–Trinajstić information content (AvgIpc) is 3.04. The quantitative estimate of drug-likeness (QED) is 0.486. The largest absolute Gasteiger partial charge is 0.399 e. The number of halogens is 5. The van der Waals surface area contributed by atoms with Gasteiger partial charge in [-0.05, 0) is 54.0 Å². The van der Waals surface area contributed by atoms with Crippen LogP contribution in [-0.2, 0) is 7.05 Å². The van der Waals surface area contributed by atoms with E-state index < -0.39 is 12.1 Å². The summed E-state index contributed by atoms with van der Waals surface area (Å²) in [5, 5.41) is 4.52. The summed E-state index contributed by atoms with van der Waals surface area (Å²) in [6, 6.07) is 11.1.